The van der Waals surface area contributed by atoms with Gasteiger partial charge in [0, 0.05) is 25.6 Å². The lowest BCUT2D eigenvalue weighted by atomic mass is 10.2. The van der Waals surface area contributed by atoms with Gasteiger partial charge in [0.15, 0.2) is 6.29 Å². The molecule has 0 aliphatic carbocycles. The van der Waals surface area contributed by atoms with Crippen molar-refractivity contribution in [3.05, 3.63) is 18.1 Å². The number of rotatable bonds is 8. The van der Waals surface area contributed by atoms with Crippen molar-refractivity contribution >= 4 is 0 Å². The molecule has 1 heterocycles. The van der Waals surface area contributed by atoms with Crippen LogP contribution in [0.4, 0.5) is 0 Å². The molecule has 7 nitrogen and oxygen atoms in total. The molecule has 0 aliphatic rings. The van der Waals surface area contributed by atoms with Crippen molar-refractivity contribution in [3.8, 4) is 5.88 Å². The molecule has 7 heteroatoms. The summed E-state index contributed by atoms with van der Waals surface area (Å²) in [6.07, 6.45) is 2.57. The second kappa shape index (κ2) is 7.93. The lowest BCUT2D eigenvalue weighted by molar-refractivity contribution is -0.156. The molecule has 1 unspecified atom stereocenters. The van der Waals surface area contributed by atoms with Crippen LogP contribution in [0.25, 0.3) is 0 Å². The molecule has 0 aliphatic heterocycles. The Labute approximate surface area is 107 Å². The summed E-state index contributed by atoms with van der Waals surface area (Å²) in [6, 6.07) is -0.450. The summed E-state index contributed by atoms with van der Waals surface area (Å²) in [4.78, 5) is 8.29. The van der Waals surface area contributed by atoms with Crippen LogP contribution in [0.5, 0.6) is 5.88 Å². The molecule has 1 rings (SSSR count). The van der Waals surface area contributed by atoms with E-state index in [-0.39, 0.29) is 0 Å². The first-order chi connectivity index (χ1) is 8.78. The van der Waals surface area contributed by atoms with Gasteiger partial charge < -0.3 is 14.2 Å². The maximum atomic E-state index is 5.56. The summed E-state index contributed by atoms with van der Waals surface area (Å²) in [6.45, 7) is 4.78. The van der Waals surface area contributed by atoms with Crippen molar-refractivity contribution in [1.29, 1.82) is 0 Å². The van der Waals surface area contributed by atoms with Gasteiger partial charge in [0.1, 0.15) is 11.7 Å². The van der Waals surface area contributed by atoms with Crippen LogP contribution in [-0.2, 0) is 9.47 Å². The number of ether oxygens (including phenoxy) is 3. The number of hydrogen-bond donors (Lipinski definition) is 2. The van der Waals surface area contributed by atoms with Gasteiger partial charge in [-0.25, -0.2) is 10.4 Å². The van der Waals surface area contributed by atoms with Crippen molar-refractivity contribution in [2.24, 2.45) is 5.84 Å². The fourth-order valence-corrected chi connectivity index (χ4v) is 1.56. The van der Waals surface area contributed by atoms with Gasteiger partial charge >= 0.3 is 0 Å². The molecular weight excluding hydrogens is 236 g/mol. The highest BCUT2D eigenvalue weighted by Crippen LogP contribution is 2.24. The van der Waals surface area contributed by atoms with Gasteiger partial charge in [-0.1, -0.05) is 0 Å². The number of nitrogens with two attached hydrogens (primary N) is 1. The monoisotopic (exact) mass is 256 g/mol. The number of aromatic nitrogens is 2. The average molecular weight is 256 g/mol. The number of nitrogens with zero attached hydrogens (tertiary/aromatic N) is 2. The maximum absolute atomic E-state index is 5.56. The highest BCUT2D eigenvalue weighted by molar-refractivity contribution is 5.21. The third-order valence-corrected chi connectivity index (χ3v) is 2.29. The van der Waals surface area contributed by atoms with Crippen LogP contribution in [0, 0.1) is 0 Å². The quantitative estimate of drug-likeness (QED) is 0.395. The van der Waals surface area contributed by atoms with Crippen LogP contribution in [0.15, 0.2) is 12.4 Å². The van der Waals surface area contributed by atoms with Gasteiger partial charge in [-0.15, -0.1) is 0 Å². The number of hydrazine groups is 1. The highest BCUT2D eigenvalue weighted by Gasteiger charge is 2.27. The van der Waals surface area contributed by atoms with Crippen LogP contribution < -0.4 is 16.0 Å². The van der Waals surface area contributed by atoms with Crippen LogP contribution in [0.2, 0.25) is 0 Å². The molecule has 1 aromatic rings. The second-order valence-corrected chi connectivity index (χ2v) is 3.37. The molecule has 0 saturated heterocycles. The minimum Gasteiger partial charge on any atom is -0.480 e. The molecule has 0 amide bonds. The van der Waals surface area contributed by atoms with Gasteiger partial charge in [-0.05, 0) is 13.8 Å². The SMILES string of the molecule is CCOC(OCC)C(NN)c1nccnc1OC. The molecular formula is C11H20N4O3. The van der Waals surface area contributed by atoms with Crippen LogP contribution in [0.3, 0.4) is 0 Å². The third-order valence-electron chi connectivity index (χ3n) is 2.29. The first kappa shape index (κ1) is 14.8. The Morgan fingerprint density at radius 1 is 1.22 bits per heavy atom. The summed E-state index contributed by atoms with van der Waals surface area (Å²) in [5, 5.41) is 0. The molecule has 0 spiro atoms. The molecule has 0 saturated carbocycles. The van der Waals surface area contributed by atoms with E-state index in [1.807, 2.05) is 13.8 Å². The third kappa shape index (κ3) is 3.61. The molecule has 0 radical (unpaired) electrons. The lowest BCUT2D eigenvalue weighted by Gasteiger charge is -2.26. The zero-order valence-electron chi connectivity index (χ0n) is 10.9. The van der Waals surface area contributed by atoms with Crippen molar-refractivity contribution in [2.45, 2.75) is 26.2 Å². The van der Waals surface area contributed by atoms with Gasteiger partial charge in [-0.2, -0.15) is 0 Å². The Morgan fingerprint density at radius 2 is 1.83 bits per heavy atom. The molecule has 0 bridgehead atoms. The second-order valence-electron chi connectivity index (χ2n) is 3.37. The normalized spacial score (nSPS) is 12.7. The highest BCUT2D eigenvalue weighted by atomic mass is 16.7. The molecule has 3 N–H and O–H groups in total. The number of hydrogen-bond acceptors (Lipinski definition) is 7. The molecule has 1 aromatic heterocycles. The van der Waals surface area contributed by atoms with E-state index >= 15 is 0 Å². The number of methoxy groups -OCH3 is 1. The average Bonchev–Trinajstić information content (AvgIpc) is 2.40. The topological polar surface area (TPSA) is 91.5 Å². The fourth-order valence-electron chi connectivity index (χ4n) is 1.56. The van der Waals surface area contributed by atoms with E-state index in [9.17, 15) is 0 Å². The summed E-state index contributed by atoms with van der Waals surface area (Å²) < 4.78 is 16.2. The van der Waals surface area contributed by atoms with E-state index in [0.29, 0.717) is 24.8 Å². The first-order valence-electron chi connectivity index (χ1n) is 5.82. The minimum absolute atomic E-state index is 0.393. The van der Waals surface area contributed by atoms with Gasteiger partial charge in [0.05, 0.1) is 7.11 Å². The fraction of sp³-hybridized carbons (Fsp3) is 0.636. The summed E-state index contributed by atoms with van der Waals surface area (Å²) in [5.41, 5.74) is 3.18. The van der Waals surface area contributed by atoms with Gasteiger partial charge in [0.25, 0.3) is 0 Å². The zero-order chi connectivity index (χ0) is 13.4. The maximum Gasteiger partial charge on any atom is 0.237 e. The van der Waals surface area contributed by atoms with Crippen molar-refractivity contribution in [2.75, 3.05) is 20.3 Å². The first-order valence-corrected chi connectivity index (χ1v) is 5.82. The largest absolute Gasteiger partial charge is 0.480 e. The van der Waals surface area contributed by atoms with Crippen molar-refractivity contribution < 1.29 is 14.2 Å². The van der Waals surface area contributed by atoms with Crippen molar-refractivity contribution in [1.82, 2.24) is 15.4 Å². The molecule has 18 heavy (non-hydrogen) atoms. The van der Waals surface area contributed by atoms with Crippen molar-refractivity contribution in [3.63, 3.8) is 0 Å². The predicted molar refractivity (Wildman–Crippen MR) is 65.7 cm³/mol. The van der Waals surface area contributed by atoms with E-state index in [1.165, 1.54) is 7.11 Å². The van der Waals surface area contributed by atoms with E-state index in [1.54, 1.807) is 12.4 Å². The molecule has 102 valence electrons. The van der Waals surface area contributed by atoms with Crippen LogP contribution in [-0.4, -0.2) is 36.6 Å². The van der Waals surface area contributed by atoms with Gasteiger partial charge in [0.2, 0.25) is 5.88 Å². The summed E-state index contributed by atoms with van der Waals surface area (Å²) in [5.74, 6) is 5.95. The Morgan fingerprint density at radius 3 is 2.33 bits per heavy atom. The lowest BCUT2D eigenvalue weighted by Crippen LogP contribution is -2.40. The Bertz CT molecular complexity index is 345. The Kier molecular flexibility index (Phi) is 6.51. The smallest absolute Gasteiger partial charge is 0.237 e. The van der Waals surface area contributed by atoms with E-state index < -0.39 is 12.3 Å². The number of nitrogens with one attached hydrogen (secondary N) is 1. The predicted octanol–water partition coefficient (Wildman–Crippen LogP) is 0.389. The van der Waals surface area contributed by atoms with E-state index in [0.717, 1.165) is 0 Å². The molecule has 0 aromatic carbocycles. The zero-order valence-corrected chi connectivity index (χ0v) is 10.9. The Hall–Kier alpha value is -1.28. The van der Waals surface area contributed by atoms with Gasteiger partial charge in [-0.3, -0.25) is 10.8 Å². The minimum atomic E-state index is -0.546. The summed E-state index contributed by atoms with van der Waals surface area (Å²) in [7, 11) is 1.53. The van der Waals surface area contributed by atoms with Crippen LogP contribution >= 0.6 is 0 Å². The van der Waals surface area contributed by atoms with E-state index in [2.05, 4.69) is 15.4 Å². The standard InChI is InChI=1S/C11H20N4O3/c1-4-17-11(18-5-2)9(15-12)8-10(16-3)14-7-6-13-8/h6-7,9,11,15H,4-5,12H2,1-3H3. The molecule has 1 atom stereocenters. The van der Waals surface area contributed by atoms with Crippen LogP contribution in [0.1, 0.15) is 25.6 Å². The summed E-state index contributed by atoms with van der Waals surface area (Å²) >= 11 is 0. The van der Waals surface area contributed by atoms with E-state index in [4.69, 9.17) is 20.1 Å². The Balaban J connectivity index is 2.98. The molecule has 0 fully saturated rings.